The first-order valence-corrected chi connectivity index (χ1v) is 7.22. The zero-order valence-electron chi connectivity index (χ0n) is 12.4. The van der Waals surface area contributed by atoms with E-state index in [1.165, 1.54) is 12.1 Å². The number of hydrogen-bond acceptors (Lipinski definition) is 4. The molecule has 1 saturated heterocycles. The zero-order chi connectivity index (χ0) is 16.8. The summed E-state index contributed by atoms with van der Waals surface area (Å²) in [6, 6.07) is 2.65. The SMILES string of the molecule is Cc1c(OC(=O)C(F)(F)F)ccc2c1C[C@@H]1CNCCN1C2=O. The fourth-order valence-electron chi connectivity index (χ4n) is 3.07. The number of hydrogen-bond donors (Lipinski definition) is 1. The van der Waals surface area contributed by atoms with Gasteiger partial charge in [0.2, 0.25) is 0 Å². The second-order valence-corrected chi connectivity index (χ2v) is 5.66. The van der Waals surface area contributed by atoms with Crippen LogP contribution in [0.15, 0.2) is 12.1 Å². The van der Waals surface area contributed by atoms with Crippen LogP contribution < -0.4 is 10.1 Å². The van der Waals surface area contributed by atoms with Gasteiger partial charge in [0.05, 0.1) is 0 Å². The van der Waals surface area contributed by atoms with E-state index < -0.39 is 12.1 Å². The summed E-state index contributed by atoms with van der Waals surface area (Å²) < 4.78 is 41.5. The quantitative estimate of drug-likeness (QED) is 0.626. The lowest BCUT2D eigenvalue weighted by molar-refractivity contribution is -0.189. The summed E-state index contributed by atoms with van der Waals surface area (Å²) in [6.45, 7) is 3.53. The molecule has 1 aromatic carbocycles. The first-order chi connectivity index (χ1) is 10.8. The minimum absolute atomic E-state index is 0.0315. The molecule has 0 saturated carbocycles. The van der Waals surface area contributed by atoms with Crippen molar-refractivity contribution >= 4 is 11.9 Å². The standard InChI is InChI=1S/C15H15F3N2O3/c1-8-11-6-9-7-19-4-5-20(9)13(21)10(11)2-3-12(8)23-14(22)15(16,17)18/h2-3,9,19H,4-7H2,1H3/t9-/m1/s1. The average molecular weight is 328 g/mol. The number of ether oxygens (including phenoxy) is 1. The van der Waals surface area contributed by atoms with Crippen molar-refractivity contribution in [1.82, 2.24) is 10.2 Å². The van der Waals surface area contributed by atoms with Crippen LogP contribution >= 0.6 is 0 Å². The average Bonchev–Trinajstić information content (AvgIpc) is 2.50. The molecule has 0 bridgehead atoms. The lowest BCUT2D eigenvalue weighted by Gasteiger charge is -2.40. The summed E-state index contributed by atoms with van der Waals surface area (Å²) >= 11 is 0. The molecule has 2 aliphatic rings. The molecule has 1 fully saturated rings. The second kappa shape index (κ2) is 5.52. The largest absolute Gasteiger partial charge is 0.491 e. The molecular weight excluding hydrogens is 313 g/mol. The van der Waals surface area contributed by atoms with Crippen LogP contribution in [0, 0.1) is 6.92 Å². The van der Waals surface area contributed by atoms with Gasteiger partial charge < -0.3 is 15.0 Å². The Hall–Kier alpha value is -2.09. The summed E-state index contributed by atoms with van der Waals surface area (Å²) in [7, 11) is 0. The third-order valence-electron chi connectivity index (χ3n) is 4.26. The molecule has 8 heteroatoms. The Morgan fingerprint density at radius 1 is 1.39 bits per heavy atom. The Labute approximate surface area is 130 Å². The molecule has 124 valence electrons. The molecular formula is C15H15F3N2O3. The Kier molecular flexibility index (Phi) is 3.79. The maximum absolute atomic E-state index is 12.5. The highest BCUT2D eigenvalue weighted by atomic mass is 19.4. The highest BCUT2D eigenvalue weighted by Gasteiger charge is 2.42. The van der Waals surface area contributed by atoms with Crippen LogP contribution in [0.5, 0.6) is 5.75 Å². The number of carbonyl (C=O) groups is 2. The van der Waals surface area contributed by atoms with Crippen molar-refractivity contribution in [2.75, 3.05) is 19.6 Å². The van der Waals surface area contributed by atoms with Crippen molar-refractivity contribution in [3.63, 3.8) is 0 Å². The predicted molar refractivity (Wildman–Crippen MR) is 74.3 cm³/mol. The third-order valence-corrected chi connectivity index (χ3v) is 4.26. The van der Waals surface area contributed by atoms with Crippen molar-refractivity contribution in [3.8, 4) is 5.75 Å². The van der Waals surface area contributed by atoms with Crippen LogP contribution in [-0.2, 0) is 11.2 Å². The van der Waals surface area contributed by atoms with Gasteiger partial charge in [0.25, 0.3) is 5.91 Å². The topological polar surface area (TPSA) is 58.6 Å². The number of rotatable bonds is 1. The van der Waals surface area contributed by atoms with Gasteiger partial charge in [-0.25, -0.2) is 4.79 Å². The third kappa shape index (κ3) is 2.78. The fourth-order valence-corrected chi connectivity index (χ4v) is 3.07. The zero-order valence-corrected chi connectivity index (χ0v) is 12.4. The summed E-state index contributed by atoms with van der Waals surface area (Å²) in [6.07, 6.45) is -4.53. The van der Waals surface area contributed by atoms with Crippen LogP contribution in [0.4, 0.5) is 13.2 Å². The Bertz CT molecular complexity index is 673. The van der Waals surface area contributed by atoms with E-state index in [-0.39, 0.29) is 17.7 Å². The van der Waals surface area contributed by atoms with Crippen molar-refractivity contribution in [3.05, 3.63) is 28.8 Å². The highest BCUT2D eigenvalue weighted by Crippen LogP contribution is 2.33. The van der Waals surface area contributed by atoms with Gasteiger partial charge in [0.1, 0.15) is 5.75 Å². The molecule has 2 heterocycles. The van der Waals surface area contributed by atoms with E-state index in [9.17, 15) is 22.8 Å². The molecule has 0 radical (unpaired) electrons. The van der Waals surface area contributed by atoms with E-state index in [2.05, 4.69) is 10.1 Å². The number of amides is 1. The molecule has 1 N–H and O–H groups in total. The molecule has 2 aliphatic heterocycles. The van der Waals surface area contributed by atoms with Gasteiger partial charge in [-0.2, -0.15) is 13.2 Å². The normalized spacial score (nSPS) is 20.8. The van der Waals surface area contributed by atoms with Crippen LogP contribution in [0.2, 0.25) is 0 Å². The Morgan fingerprint density at radius 3 is 2.83 bits per heavy atom. The van der Waals surface area contributed by atoms with Crippen LogP contribution in [0.25, 0.3) is 0 Å². The number of nitrogens with one attached hydrogen (secondary N) is 1. The number of halogens is 3. The van der Waals surface area contributed by atoms with E-state index in [0.717, 1.165) is 6.54 Å². The summed E-state index contributed by atoms with van der Waals surface area (Å²) in [5.41, 5.74) is 1.51. The molecule has 1 aromatic rings. The molecule has 1 atom stereocenters. The number of esters is 1. The predicted octanol–water partition coefficient (Wildman–Crippen LogP) is 1.43. The van der Waals surface area contributed by atoms with Crippen LogP contribution in [0.3, 0.4) is 0 Å². The summed E-state index contributed by atoms with van der Waals surface area (Å²) in [4.78, 5) is 25.3. The van der Waals surface area contributed by atoms with Crippen molar-refractivity contribution in [1.29, 1.82) is 0 Å². The van der Waals surface area contributed by atoms with Crippen LogP contribution in [0.1, 0.15) is 21.5 Å². The lowest BCUT2D eigenvalue weighted by atomic mass is 9.88. The lowest BCUT2D eigenvalue weighted by Crippen LogP contribution is -2.56. The van der Waals surface area contributed by atoms with Crippen molar-refractivity contribution in [2.24, 2.45) is 0 Å². The minimum Gasteiger partial charge on any atom is -0.420 e. The van der Waals surface area contributed by atoms with E-state index >= 15 is 0 Å². The number of alkyl halides is 3. The smallest absolute Gasteiger partial charge is 0.420 e. The van der Waals surface area contributed by atoms with Crippen LogP contribution in [-0.4, -0.2) is 48.6 Å². The fraction of sp³-hybridized carbons (Fsp3) is 0.467. The van der Waals surface area contributed by atoms with E-state index in [4.69, 9.17) is 0 Å². The maximum atomic E-state index is 12.5. The molecule has 0 spiro atoms. The first kappa shape index (κ1) is 15.8. The molecule has 0 aromatic heterocycles. The minimum atomic E-state index is -5.05. The van der Waals surface area contributed by atoms with Gasteiger partial charge in [0.15, 0.2) is 0 Å². The van der Waals surface area contributed by atoms with E-state index in [1.807, 2.05) is 0 Å². The number of fused-ring (bicyclic) bond motifs is 2. The van der Waals surface area contributed by atoms with Crippen molar-refractivity contribution < 1.29 is 27.5 Å². The molecule has 0 unspecified atom stereocenters. The van der Waals surface area contributed by atoms with E-state index in [0.29, 0.717) is 36.2 Å². The molecule has 0 aliphatic carbocycles. The van der Waals surface area contributed by atoms with Gasteiger partial charge in [0, 0.05) is 31.2 Å². The monoisotopic (exact) mass is 328 g/mol. The van der Waals surface area contributed by atoms with Gasteiger partial charge in [-0.1, -0.05) is 0 Å². The summed E-state index contributed by atoms with van der Waals surface area (Å²) in [5, 5.41) is 3.19. The molecule has 3 rings (SSSR count). The van der Waals surface area contributed by atoms with Gasteiger partial charge in [-0.15, -0.1) is 0 Å². The number of nitrogens with zero attached hydrogens (tertiary/aromatic N) is 1. The Balaban J connectivity index is 1.94. The van der Waals surface area contributed by atoms with Gasteiger partial charge in [-0.05, 0) is 36.6 Å². The molecule has 1 amide bonds. The number of benzene rings is 1. The van der Waals surface area contributed by atoms with Crippen molar-refractivity contribution in [2.45, 2.75) is 25.6 Å². The maximum Gasteiger partial charge on any atom is 0.491 e. The van der Waals surface area contributed by atoms with E-state index in [1.54, 1.807) is 11.8 Å². The van der Waals surface area contributed by atoms with Gasteiger partial charge >= 0.3 is 12.1 Å². The molecule has 23 heavy (non-hydrogen) atoms. The highest BCUT2D eigenvalue weighted by molar-refractivity contribution is 5.98. The summed E-state index contributed by atoms with van der Waals surface area (Å²) in [5.74, 6) is -2.55. The van der Waals surface area contributed by atoms with Gasteiger partial charge in [-0.3, -0.25) is 4.79 Å². The number of carbonyl (C=O) groups excluding carboxylic acids is 2. The molecule has 5 nitrogen and oxygen atoms in total. The number of piperazine rings is 1. The second-order valence-electron chi connectivity index (χ2n) is 5.66. The first-order valence-electron chi connectivity index (χ1n) is 7.22. The Morgan fingerprint density at radius 2 is 2.13 bits per heavy atom.